The van der Waals surface area contributed by atoms with Gasteiger partial charge in [0.1, 0.15) is 0 Å². The van der Waals surface area contributed by atoms with Crippen LogP contribution in [0.5, 0.6) is 0 Å². The zero-order valence-electron chi connectivity index (χ0n) is 8.90. The average molecular weight is 191 g/mol. The molecule has 3 nitrogen and oxygen atoms in total. The Morgan fingerprint density at radius 1 is 1.43 bits per heavy atom. The molecular formula is C11H17N3. The van der Waals surface area contributed by atoms with E-state index in [0.717, 1.165) is 18.8 Å². The van der Waals surface area contributed by atoms with E-state index in [0.29, 0.717) is 0 Å². The predicted molar refractivity (Wildman–Crippen MR) is 57.9 cm³/mol. The maximum atomic E-state index is 4.54. The molecule has 0 saturated carbocycles. The molecule has 14 heavy (non-hydrogen) atoms. The van der Waals surface area contributed by atoms with Crippen LogP contribution in [0.15, 0.2) is 12.1 Å². The van der Waals surface area contributed by atoms with E-state index in [9.17, 15) is 0 Å². The van der Waals surface area contributed by atoms with E-state index < -0.39 is 0 Å². The molecule has 0 aromatic carbocycles. The van der Waals surface area contributed by atoms with Crippen molar-refractivity contribution in [2.24, 2.45) is 0 Å². The minimum Gasteiger partial charge on any atom is -0.300 e. The number of hydrogen-bond acceptors (Lipinski definition) is 2. The van der Waals surface area contributed by atoms with Crippen molar-refractivity contribution in [2.75, 3.05) is 13.6 Å². The Balaban J connectivity index is 2.27. The van der Waals surface area contributed by atoms with Crippen molar-refractivity contribution in [3.05, 3.63) is 23.5 Å². The lowest BCUT2D eigenvalue weighted by Crippen LogP contribution is -2.16. The van der Waals surface area contributed by atoms with Gasteiger partial charge in [-0.15, -0.1) is 0 Å². The first-order valence-electron chi connectivity index (χ1n) is 5.17. The fraction of sp³-hybridized carbons (Fsp3) is 0.545. The molecule has 0 spiro atoms. The Morgan fingerprint density at radius 2 is 2.29 bits per heavy atom. The van der Waals surface area contributed by atoms with Crippen LogP contribution in [0.25, 0.3) is 6.08 Å². The zero-order chi connectivity index (χ0) is 9.97. The highest BCUT2D eigenvalue weighted by Crippen LogP contribution is 2.13. The van der Waals surface area contributed by atoms with Crippen LogP contribution >= 0.6 is 0 Å². The molecule has 0 aliphatic carbocycles. The van der Waals surface area contributed by atoms with Gasteiger partial charge in [-0.3, -0.25) is 4.68 Å². The lowest BCUT2D eigenvalue weighted by atomic mass is 10.3. The Morgan fingerprint density at radius 3 is 3.07 bits per heavy atom. The van der Waals surface area contributed by atoms with Crippen molar-refractivity contribution in [1.82, 2.24) is 14.7 Å². The molecule has 2 heterocycles. The summed E-state index contributed by atoms with van der Waals surface area (Å²) in [5.41, 5.74) is 2.41. The summed E-state index contributed by atoms with van der Waals surface area (Å²) in [5, 5.41) is 4.54. The lowest BCUT2D eigenvalue weighted by molar-refractivity contribution is 0.332. The second-order valence-corrected chi connectivity index (χ2v) is 3.88. The van der Waals surface area contributed by atoms with Crippen LogP contribution in [0, 0.1) is 0 Å². The van der Waals surface area contributed by atoms with Gasteiger partial charge in [-0.05, 0) is 32.5 Å². The van der Waals surface area contributed by atoms with Gasteiger partial charge in [-0.2, -0.15) is 5.10 Å². The molecule has 0 bridgehead atoms. The van der Waals surface area contributed by atoms with Crippen LogP contribution in [0.1, 0.15) is 24.7 Å². The Hall–Kier alpha value is -1.09. The molecule has 0 radical (unpaired) electrons. The largest absolute Gasteiger partial charge is 0.300 e. The molecule has 0 N–H and O–H groups in total. The minimum atomic E-state index is 1.02. The SMILES string of the molecule is C/C=C\c1cc2n(n1)CCCN(C)C2. The van der Waals surface area contributed by atoms with Gasteiger partial charge < -0.3 is 4.90 Å². The molecule has 1 aliphatic rings. The molecule has 2 rings (SSSR count). The van der Waals surface area contributed by atoms with E-state index in [-0.39, 0.29) is 0 Å². The maximum absolute atomic E-state index is 4.54. The standard InChI is InChI=1S/C11H17N3/c1-3-5-10-8-11-9-13(2)6-4-7-14(11)12-10/h3,5,8H,4,6-7,9H2,1-2H3/b5-3-. The molecule has 1 aliphatic heterocycles. The molecular weight excluding hydrogens is 174 g/mol. The van der Waals surface area contributed by atoms with Crippen LogP contribution in [0.3, 0.4) is 0 Å². The number of fused-ring (bicyclic) bond motifs is 1. The van der Waals surface area contributed by atoms with Crippen LogP contribution in [-0.4, -0.2) is 28.3 Å². The van der Waals surface area contributed by atoms with E-state index in [1.54, 1.807) is 0 Å². The van der Waals surface area contributed by atoms with Crippen LogP contribution in [0.4, 0.5) is 0 Å². The molecule has 1 aromatic rings. The molecule has 0 atom stereocenters. The average Bonchev–Trinajstić information content (AvgIpc) is 2.41. The van der Waals surface area contributed by atoms with Gasteiger partial charge in [0, 0.05) is 19.6 Å². The van der Waals surface area contributed by atoms with Crippen LogP contribution in [-0.2, 0) is 13.1 Å². The van der Waals surface area contributed by atoms with E-state index in [1.165, 1.54) is 18.7 Å². The number of nitrogens with zero attached hydrogens (tertiary/aromatic N) is 3. The van der Waals surface area contributed by atoms with Gasteiger partial charge >= 0.3 is 0 Å². The quantitative estimate of drug-likeness (QED) is 0.674. The van der Waals surface area contributed by atoms with E-state index in [1.807, 2.05) is 13.0 Å². The summed E-state index contributed by atoms with van der Waals surface area (Å²) in [6, 6.07) is 2.18. The van der Waals surface area contributed by atoms with Gasteiger partial charge in [0.15, 0.2) is 0 Å². The third kappa shape index (κ3) is 1.87. The Kier molecular flexibility index (Phi) is 2.68. The molecule has 0 saturated heterocycles. The maximum Gasteiger partial charge on any atom is 0.0851 e. The number of aryl methyl sites for hydroxylation is 1. The third-order valence-corrected chi connectivity index (χ3v) is 2.56. The summed E-state index contributed by atoms with van der Waals surface area (Å²) in [6.45, 7) is 5.26. The summed E-state index contributed by atoms with van der Waals surface area (Å²) in [6.07, 6.45) is 5.29. The van der Waals surface area contributed by atoms with Crippen molar-refractivity contribution in [3.63, 3.8) is 0 Å². The lowest BCUT2D eigenvalue weighted by Gasteiger charge is -2.10. The van der Waals surface area contributed by atoms with Crippen molar-refractivity contribution in [2.45, 2.75) is 26.4 Å². The third-order valence-electron chi connectivity index (χ3n) is 2.56. The summed E-state index contributed by atoms with van der Waals surface area (Å²) in [5.74, 6) is 0. The highest BCUT2D eigenvalue weighted by atomic mass is 15.3. The fourth-order valence-electron chi connectivity index (χ4n) is 1.90. The van der Waals surface area contributed by atoms with Gasteiger partial charge in [0.25, 0.3) is 0 Å². The number of hydrogen-bond donors (Lipinski definition) is 0. The van der Waals surface area contributed by atoms with Crippen LogP contribution in [0.2, 0.25) is 0 Å². The Labute approximate surface area is 85.0 Å². The number of allylic oxidation sites excluding steroid dienone is 1. The Bertz CT molecular complexity index is 338. The highest BCUT2D eigenvalue weighted by molar-refractivity contribution is 5.44. The first kappa shape index (κ1) is 9.46. The van der Waals surface area contributed by atoms with Gasteiger partial charge in [-0.25, -0.2) is 0 Å². The fourth-order valence-corrected chi connectivity index (χ4v) is 1.90. The molecule has 0 fully saturated rings. The smallest absolute Gasteiger partial charge is 0.0851 e. The first-order chi connectivity index (χ1) is 6.79. The van der Waals surface area contributed by atoms with Crippen molar-refractivity contribution in [3.8, 4) is 0 Å². The second kappa shape index (κ2) is 3.96. The van der Waals surface area contributed by atoms with Crippen molar-refractivity contribution >= 4 is 6.08 Å². The highest BCUT2D eigenvalue weighted by Gasteiger charge is 2.12. The number of rotatable bonds is 1. The van der Waals surface area contributed by atoms with Gasteiger partial charge in [0.2, 0.25) is 0 Å². The van der Waals surface area contributed by atoms with E-state index in [2.05, 4.69) is 33.9 Å². The summed E-state index contributed by atoms with van der Waals surface area (Å²) >= 11 is 0. The first-order valence-corrected chi connectivity index (χ1v) is 5.17. The second-order valence-electron chi connectivity index (χ2n) is 3.88. The normalized spacial score (nSPS) is 18.4. The molecule has 0 unspecified atom stereocenters. The van der Waals surface area contributed by atoms with Crippen molar-refractivity contribution in [1.29, 1.82) is 0 Å². The minimum absolute atomic E-state index is 1.02. The topological polar surface area (TPSA) is 21.1 Å². The van der Waals surface area contributed by atoms with Gasteiger partial charge in [0.05, 0.1) is 11.4 Å². The molecule has 3 heteroatoms. The molecule has 1 aromatic heterocycles. The van der Waals surface area contributed by atoms with E-state index >= 15 is 0 Å². The molecule has 0 amide bonds. The predicted octanol–water partition coefficient (Wildman–Crippen LogP) is 1.75. The van der Waals surface area contributed by atoms with Crippen LogP contribution < -0.4 is 0 Å². The van der Waals surface area contributed by atoms with E-state index in [4.69, 9.17) is 0 Å². The van der Waals surface area contributed by atoms with Gasteiger partial charge in [-0.1, -0.05) is 6.08 Å². The molecule has 76 valence electrons. The number of aromatic nitrogens is 2. The monoisotopic (exact) mass is 191 g/mol. The van der Waals surface area contributed by atoms with Crippen molar-refractivity contribution < 1.29 is 0 Å². The summed E-state index contributed by atoms with van der Waals surface area (Å²) < 4.78 is 2.14. The summed E-state index contributed by atoms with van der Waals surface area (Å²) in [4.78, 5) is 2.35. The summed E-state index contributed by atoms with van der Waals surface area (Å²) in [7, 11) is 2.16. The zero-order valence-corrected chi connectivity index (χ0v) is 8.90.